The van der Waals surface area contributed by atoms with Crippen molar-refractivity contribution in [1.82, 2.24) is 4.90 Å². The predicted molar refractivity (Wildman–Crippen MR) is 73.6 cm³/mol. The lowest BCUT2D eigenvalue weighted by atomic mass is 10.1. The molecule has 0 aromatic heterocycles. The van der Waals surface area contributed by atoms with Crippen LogP contribution in [-0.2, 0) is 9.59 Å². The Hall–Kier alpha value is -1.95. The van der Waals surface area contributed by atoms with Crippen LogP contribution in [0, 0.1) is 5.82 Å². The van der Waals surface area contributed by atoms with E-state index < -0.39 is 11.9 Å². The Labute approximate surface area is 117 Å². The molecule has 1 unspecified atom stereocenters. The molecule has 0 spiro atoms. The lowest BCUT2D eigenvalue weighted by Gasteiger charge is -2.25. The number of rotatable bonds is 3. The first kappa shape index (κ1) is 14.5. The standard InChI is InChI=1S/C14H18FN3O2/c1-8(2)17(3)12(19)7-18-11-6-9(15)4-5-10(11)13(16)14(18)20/h4-6,8,13H,7,16H2,1-3H3. The summed E-state index contributed by atoms with van der Waals surface area (Å²) in [5, 5.41) is 0. The normalized spacial score (nSPS) is 17.6. The highest BCUT2D eigenvalue weighted by Crippen LogP contribution is 2.34. The maximum absolute atomic E-state index is 13.3. The highest BCUT2D eigenvalue weighted by molar-refractivity contribution is 6.07. The number of hydrogen-bond acceptors (Lipinski definition) is 3. The molecular formula is C14H18FN3O2. The van der Waals surface area contributed by atoms with Gasteiger partial charge in [-0.1, -0.05) is 6.07 Å². The number of fused-ring (bicyclic) bond motifs is 1. The van der Waals surface area contributed by atoms with Gasteiger partial charge >= 0.3 is 0 Å². The SMILES string of the molecule is CC(C)N(C)C(=O)CN1C(=O)C(N)c2ccc(F)cc21. The number of nitrogens with zero attached hydrogens (tertiary/aromatic N) is 2. The molecule has 2 amide bonds. The topological polar surface area (TPSA) is 66.6 Å². The van der Waals surface area contributed by atoms with Crippen LogP contribution < -0.4 is 10.6 Å². The van der Waals surface area contributed by atoms with Gasteiger partial charge in [-0.05, 0) is 26.0 Å². The fraction of sp³-hybridized carbons (Fsp3) is 0.429. The molecule has 1 aliphatic rings. The molecule has 0 saturated heterocycles. The summed E-state index contributed by atoms with van der Waals surface area (Å²) in [6, 6.07) is 3.19. The minimum Gasteiger partial charge on any atom is -0.342 e. The van der Waals surface area contributed by atoms with Crippen LogP contribution in [0.3, 0.4) is 0 Å². The Morgan fingerprint density at radius 1 is 1.50 bits per heavy atom. The number of carbonyl (C=O) groups is 2. The molecule has 0 bridgehead atoms. The molecule has 0 radical (unpaired) electrons. The van der Waals surface area contributed by atoms with Crippen LogP contribution in [0.15, 0.2) is 18.2 Å². The van der Waals surface area contributed by atoms with Gasteiger partial charge in [0.2, 0.25) is 11.8 Å². The molecule has 2 N–H and O–H groups in total. The van der Waals surface area contributed by atoms with Crippen LogP contribution in [0.25, 0.3) is 0 Å². The van der Waals surface area contributed by atoms with Gasteiger partial charge in [0.15, 0.2) is 0 Å². The molecular weight excluding hydrogens is 261 g/mol. The Morgan fingerprint density at radius 2 is 2.15 bits per heavy atom. The summed E-state index contributed by atoms with van der Waals surface area (Å²) in [5.41, 5.74) is 6.74. The zero-order valence-electron chi connectivity index (χ0n) is 11.8. The fourth-order valence-corrected chi connectivity index (χ4v) is 2.13. The van der Waals surface area contributed by atoms with E-state index in [-0.39, 0.29) is 24.4 Å². The summed E-state index contributed by atoms with van der Waals surface area (Å²) in [6.07, 6.45) is 0. The Kier molecular flexibility index (Phi) is 3.76. The summed E-state index contributed by atoms with van der Waals surface area (Å²) in [7, 11) is 1.67. The van der Waals surface area contributed by atoms with Gasteiger partial charge in [-0.15, -0.1) is 0 Å². The molecule has 0 saturated carbocycles. The zero-order chi connectivity index (χ0) is 15.0. The predicted octanol–water partition coefficient (Wildman–Crippen LogP) is 1.04. The molecule has 20 heavy (non-hydrogen) atoms. The maximum atomic E-state index is 13.3. The van der Waals surface area contributed by atoms with Gasteiger partial charge in [0, 0.05) is 18.7 Å². The molecule has 0 fully saturated rings. The summed E-state index contributed by atoms with van der Waals surface area (Å²) in [4.78, 5) is 27.0. The van der Waals surface area contributed by atoms with E-state index in [0.29, 0.717) is 11.3 Å². The van der Waals surface area contributed by atoms with E-state index in [9.17, 15) is 14.0 Å². The van der Waals surface area contributed by atoms with Crippen molar-refractivity contribution in [2.24, 2.45) is 5.73 Å². The number of anilines is 1. The first-order chi connectivity index (χ1) is 9.32. The average Bonchev–Trinajstić information content (AvgIpc) is 2.62. The van der Waals surface area contributed by atoms with Crippen molar-refractivity contribution in [3.8, 4) is 0 Å². The minimum atomic E-state index is -0.831. The first-order valence-corrected chi connectivity index (χ1v) is 6.45. The van der Waals surface area contributed by atoms with Gasteiger partial charge in [-0.3, -0.25) is 9.59 Å². The van der Waals surface area contributed by atoms with E-state index >= 15 is 0 Å². The van der Waals surface area contributed by atoms with E-state index in [1.807, 2.05) is 13.8 Å². The number of hydrogen-bond donors (Lipinski definition) is 1. The molecule has 6 heteroatoms. The van der Waals surface area contributed by atoms with Gasteiger partial charge < -0.3 is 15.5 Å². The molecule has 5 nitrogen and oxygen atoms in total. The van der Waals surface area contributed by atoms with E-state index in [0.717, 1.165) is 0 Å². The van der Waals surface area contributed by atoms with Gasteiger partial charge in [0.1, 0.15) is 18.4 Å². The molecule has 1 aromatic rings. The van der Waals surface area contributed by atoms with E-state index in [2.05, 4.69) is 0 Å². The zero-order valence-corrected chi connectivity index (χ0v) is 11.8. The quantitative estimate of drug-likeness (QED) is 0.899. The van der Waals surface area contributed by atoms with Crippen LogP contribution in [0.2, 0.25) is 0 Å². The van der Waals surface area contributed by atoms with Crippen molar-refractivity contribution in [3.63, 3.8) is 0 Å². The summed E-state index contributed by atoms with van der Waals surface area (Å²) in [6.45, 7) is 3.63. The van der Waals surface area contributed by atoms with Crippen LogP contribution >= 0.6 is 0 Å². The lowest BCUT2D eigenvalue weighted by Crippen LogP contribution is -2.43. The van der Waals surface area contributed by atoms with Gasteiger partial charge in [-0.2, -0.15) is 0 Å². The van der Waals surface area contributed by atoms with Gasteiger partial charge in [-0.25, -0.2) is 4.39 Å². The first-order valence-electron chi connectivity index (χ1n) is 6.45. The van der Waals surface area contributed by atoms with Gasteiger partial charge in [0.25, 0.3) is 0 Å². The third kappa shape index (κ3) is 2.38. The second kappa shape index (κ2) is 5.20. The lowest BCUT2D eigenvalue weighted by molar-refractivity contribution is -0.131. The second-order valence-electron chi connectivity index (χ2n) is 5.20. The summed E-state index contributed by atoms with van der Waals surface area (Å²) in [5.74, 6) is -1.05. The largest absolute Gasteiger partial charge is 0.342 e. The monoisotopic (exact) mass is 279 g/mol. The second-order valence-corrected chi connectivity index (χ2v) is 5.20. The third-order valence-corrected chi connectivity index (χ3v) is 3.61. The summed E-state index contributed by atoms with van der Waals surface area (Å²) < 4.78 is 13.3. The van der Waals surface area contributed by atoms with Crippen molar-refractivity contribution < 1.29 is 14.0 Å². The third-order valence-electron chi connectivity index (χ3n) is 3.61. The highest BCUT2D eigenvalue weighted by Gasteiger charge is 2.36. The molecule has 2 rings (SSSR count). The van der Waals surface area contributed by atoms with Crippen molar-refractivity contribution in [3.05, 3.63) is 29.6 Å². The number of carbonyl (C=O) groups excluding carboxylic acids is 2. The van der Waals surface area contributed by atoms with Crippen LogP contribution in [0.1, 0.15) is 25.5 Å². The number of likely N-dealkylation sites (N-methyl/N-ethyl adjacent to an activating group) is 1. The number of halogens is 1. The fourth-order valence-electron chi connectivity index (χ4n) is 2.13. The smallest absolute Gasteiger partial charge is 0.249 e. The number of amides is 2. The molecule has 1 aromatic carbocycles. The van der Waals surface area contributed by atoms with Crippen LogP contribution in [0.4, 0.5) is 10.1 Å². The summed E-state index contributed by atoms with van der Waals surface area (Å²) >= 11 is 0. The maximum Gasteiger partial charge on any atom is 0.249 e. The Bertz CT molecular complexity index is 559. The molecule has 1 heterocycles. The van der Waals surface area contributed by atoms with Crippen LogP contribution in [-0.4, -0.2) is 36.3 Å². The molecule has 108 valence electrons. The minimum absolute atomic E-state index is 0.0286. The van der Waals surface area contributed by atoms with Crippen molar-refractivity contribution in [1.29, 1.82) is 0 Å². The van der Waals surface area contributed by atoms with Crippen molar-refractivity contribution in [2.75, 3.05) is 18.5 Å². The molecule has 0 aliphatic carbocycles. The Morgan fingerprint density at radius 3 is 2.75 bits per heavy atom. The molecule has 1 atom stereocenters. The van der Waals surface area contributed by atoms with E-state index in [1.165, 1.54) is 28.0 Å². The van der Waals surface area contributed by atoms with Gasteiger partial charge in [0.05, 0.1) is 5.69 Å². The van der Waals surface area contributed by atoms with Crippen molar-refractivity contribution in [2.45, 2.75) is 25.9 Å². The van der Waals surface area contributed by atoms with E-state index in [4.69, 9.17) is 5.73 Å². The molecule has 1 aliphatic heterocycles. The van der Waals surface area contributed by atoms with E-state index in [1.54, 1.807) is 7.05 Å². The number of nitrogens with two attached hydrogens (primary N) is 1. The average molecular weight is 279 g/mol. The number of benzene rings is 1. The highest BCUT2D eigenvalue weighted by atomic mass is 19.1. The van der Waals surface area contributed by atoms with Crippen molar-refractivity contribution >= 4 is 17.5 Å². The Balaban J connectivity index is 2.28. The van der Waals surface area contributed by atoms with Crippen LogP contribution in [0.5, 0.6) is 0 Å².